The van der Waals surface area contributed by atoms with E-state index in [0.717, 1.165) is 18.4 Å². The molecule has 1 unspecified atom stereocenters. The zero-order chi connectivity index (χ0) is 18.5. The highest BCUT2D eigenvalue weighted by Gasteiger charge is 2.31. The van der Waals surface area contributed by atoms with Crippen LogP contribution < -0.4 is 20.5 Å². The quantitative estimate of drug-likeness (QED) is 0.693. The van der Waals surface area contributed by atoms with Gasteiger partial charge in [0.25, 0.3) is 5.91 Å². The average Bonchev–Trinajstić information content (AvgIpc) is 3.50. The summed E-state index contributed by atoms with van der Waals surface area (Å²) in [6, 6.07) is 12.6. The number of nitrogens with one attached hydrogen (secondary N) is 1. The van der Waals surface area contributed by atoms with Crippen LogP contribution in [-0.2, 0) is 6.61 Å². The lowest BCUT2D eigenvalue weighted by atomic mass is 10.1. The smallest absolute Gasteiger partial charge is 0.251 e. The summed E-state index contributed by atoms with van der Waals surface area (Å²) in [5.74, 6) is 1.46. The monoisotopic (exact) mass is 410 g/mol. The van der Waals surface area contributed by atoms with Crippen molar-refractivity contribution in [2.45, 2.75) is 25.5 Å². The standard InChI is InChI=1S/C20H23ClN2O3.ClH/c1-25-19-10-15(20(24)23-17(11-22)14-4-5-14)6-9-18(19)26-12-13-2-7-16(21)8-3-13;/h2-3,6-10,14,17H,4-5,11-12,22H2,1H3,(H,23,24);1H. The highest BCUT2D eigenvalue weighted by molar-refractivity contribution is 6.30. The number of carbonyl (C=O) groups is 1. The highest BCUT2D eigenvalue weighted by atomic mass is 35.5. The van der Waals surface area contributed by atoms with E-state index in [2.05, 4.69) is 5.32 Å². The van der Waals surface area contributed by atoms with E-state index in [-0.39, 0.29) is 24.4 Å². The van der Waals surface area contributed by atoms with Gasteiger partial charge in [-0.15, -0.1) is 12.4 Å². The Kier molecular flexibility index (Phi) is 7.78. The van der Waals surface area contributed by atoms with E-state index in [1.807, 2.05) is 24.3 Å². The van der Waals surface area contributed by atoms with Crippen LogP contribution in [0, 0.1) is 5.92 Å². The van der Waals surface area contributed by atoms with E-state index in [9.17, 15) is 4.79 Å². The number of ether oxygens (including phenoxy) is 2. The molecule has 0 saturated heterocycles. The first kappa shape index (κ1) is 21.4. The molecule has 5 nitrogen and oxygen atoms in total. The van der Waals surface area contributed by atoms with Gasteiger partial charge in [-0.1, -0.05) is 23.7 Å². The summed E-state index contributed by atoms with van der Waals surface area (Å²) < 4.78 is 11.2. The average molecular weight is 411 g/mol. The molecule has 0 radical (unpaired) electrons. The van der Waals surface area contributed by atoms with E-state index in [1.54, 1.807) is 25.3 Å². The predicted molar refractivity (Wildman–Crippen MR) is 109 cm³/mol. The lowest BCUT2D eigenvalue weighted by Crippen LogP contribution is -2.41. The van der Waals surface area contributed by atoms with Crippen molar-refractivity contribution in [3.05, 3.63) is 58.6 Å². The van der Waals surface area contributed by atoms with Crippen LogP contribution in [0.1, 0.15) is 28.8 Å². The van der Waals surface area contributed by atoms with Gasteiger partial charge in [0.15, 0.2) is 11.5 Å². The lowest BCUT2D eigenvalue weighted by molar-refractivity contribution is 0.0933. The van der Waals surface area contributed by atoms with E-state index >= 15 is 0 Å². The van der Waals surface area contributed by atoms with Crippen LogP contribution >= 0.6 is 24.0 Å². The minimum absolute atomic E-state index is 0. The molecule has 1 amide bonds. The molecular formula is C20H24Cl2N2O3. The second-order valence-corrected chi connectivity index (χ2v) is 6.87. The minimum atomic E-state index is -0.144. The molecule has 2 aromatic rings. The molecule has 1 fully saturated rings. The normalized spacial score (nSPS) is 14.0. The number of methoxy groups -OCH3 is 1. The molecule has 1 saturated carbocycles. The Hall–Kier alpha value is -1.95. The van der Waals surface area contributed by atoms with Crippen molar-refractivity contribution in [1.82, 2.24) is 5.32 Å². The Morgan fingerprint density at radius 3 is 2.52 bits per heavy atom. The molecule has 1 aliphatic rings. The summed E-state index contributed by atoms with van der Waals surface area (Å²) in [7, 11) is 1.55. The number of amides is 1. The maximum atomic E-state index is 12.5. The fourth-order valence-electron chi connectivity index (χ4n) is 2.79. The van der Waals surface area contributed by atoms with Crippen molar-refractivity contribution in [1.29, 1.82) is 0 Å². The number of rotatable bonds is 8. The van der Waals surface area contributed by atoms with Gasteiger partial charge in [-0.2, -0.15) is 0 Å². The van der Waals surface area contributed by atoms with Gasteiger partial charge < -0.3 is 20.5 Å². The molecule has 146 valence electrons. The first-order valence-electron chi connectivity index (χ1n) is 8.67. The third-order valence-electron chi connectivity index (χ3n) is 4.49. The lowest BCUT2D eigenvalue weighted by Gasteiger charge is -2.17. The second-order valence-electron chi connectivity index (χ2n) is 6.43. The minimum Gasteiger partial charge on any atom is -0.493 e. The Bertz CT molecular complexity index is 764. The molecular weight excluding hydrogens is 387 g/mol. The Labute approximate surface area is 170 Å². The molecule has 0 heterocycles. The van der Waals surface area contributed by atoms with E-state index in [0.29, 0.717) is 41.2 Å². The second kappa shape index (κ2) is 9.83. The number of nitrogens with two attached hydrogens (primary N) is 1. The summed E-state index contributed by atoms with van der Waals surface area (Å²) in [5, 5.41) is 3.69. The molecule has 0 aliphatic heterocycles. The van der Waals surface area contributed by atoms with Gasteiger partial charge in [0, 0.05) is 23.2 Å². The van der Waals surface area contributed by atoms with Crippen molar-refractivity contribution in [3.63, 3.8) is 0 Å². The van der Waals surface area contributed by atoms with Crippen molar-refractivity contribution >= 4 is 29.9 Å². The topological polar surface area (TPSA) is 73.6 Å². The largest absolute Gasteiger partial charge is 0.493 e. The van der Waals surface area contributed by atoms with Gasteiger partial charge in [-0.3, -0.25) is 4.79 Å². The van der Waals surface area contributed by atoms with Crippen molar-refractivity contribution < 1.29 is 14.3 Å². The summed E-state index contributed by atoms with van der Waals surface area (Å²) in [4.78, 5) is 12.5. The third-order valence-corrected chi connectivity index (χ3v) is 4.75. The van der Waals surface area contributed by atoms with Crippen molar-refractivity contribution in [3.8, 4) is 11.5 Å². The Morgan fingerprint density at radius 1 is 1.22 bits per heavy atom. The van der Waals surface area contributed by atoms with Crippen LogP contribution in [0.25, 0.3) is 0 Å². The molecule has 0 spiro atoms. The molecule has 0 aromatic heterocycles. The molecule has 27 heavy (non-hydrogen) atoms. The van der Waals surface area contributed by atoms with Crippen LogP contribution in [-0.4, -0.2) is 25.6 Å². The van der Waals surface area contributed by atoms with Crippen molar-refractivity contribution in [2.75, 3.05) is 13.7 Å². The van der Waals surface area contributed by atoms with Gasteiger partial charge in [-0.05, 0) is 54.7 Å². The summed E-state index contributed by atoms with van der Waals surface area (Å²) in [5.41, 5.74) is 7.28. The fraction of sp³-hybridized carbons (Fsp3) is 0.350. The number of carbonyl (C=O) groups excluding carboxylic acids is 1. The van der Waals surface area contributed by atoms with E-state index < -0.39 is 0 Å². The van der Waals surface area contributed by atoms with Gasteiger partial charge in [0.1, 0.15) is 6.61 Å². The SMILES string of the molecule is COc1cc(C(=O)NC(CN)C2CC2)ccc1OCc1ccc(Cl)cc1.Cl. The van der Waals surface area contributed by atoms with Crippen LogP contribution in [0.5, 0.6) is 11.5 Å². The number of benzene rings is 2. The maximum absolute atomic E-state index is 12.5. The molecule has 3 N–H and O–H groups in total. The summed E-state index contributed by atoms with van der Waals surface area (Å²) in [6.45, 7) is 0.839. The molecule has 3 rings (SSSR count). The number of hydrogen-bond acceptors (Lipinski definition) is 4. The van der Waals surface area contributed by atoms with Crippen LogP contribution in [0.15, 0.2) is 42.5 Å². The Morgan fingerprint density at radius 2 is 1.93 bits per heavy atom. The number of halogens is 2. The molecule has 1 atom stereocenters. The number of hydrogen-bond donors (Lipinski definition) is 2. The van der Waals surface area contributed by atoms with E-state index in [4.69, 9.17) is 26.8 Å². The molecule has 1 aliphatic carbocycles. The third kappa shape index (κ3) is 5.76. The van der Waals surface area contributed by atoms with Gasteiger partial charge in [0.2, 0.25) is 0 Å². The van der Waals surface area contributed by atoms with Crippen LogP contribution in [0.3, 0.4) is 0 Å². The van der Waals surface area contributed by atoms with Crippen LogP contribution in [0.4, 0.5) is 0 Å². The molecule has 0 bridgehead atoms. The fourth-order valence-corrected chi connectivity index (χ4v) is 2.92. The molecule has 2 aromatic carbocycles. The zero-order valence-corrected chi connectivity index (χ0v) is 16.7. The van der Waals surface area contributed by atoms with Gasteiger partial charge >= 0.3 is 0 Å². The summed E-state index contributed by atoms with van der Waals surface area (Å²) in [6.07, 6.45) is 2.26. The molecule has 7 heteroatoms. The Balaban J connectivity index is 0.00000261. The first-order chi connectivity index (χ1) is 12.6. The van der Waals surface area contributed by atoms with Gasteiger partial charge in [-0.25, -0.2) is 0 Å². The first-order valence-corrected chi connectivity index (χ1v) is 9.04. The zero-order valence-electron chi connectivity index (χ0n) is 15.1. The predicted octanol–water partition coefficient (Wildman–Crippen LogP) is 3.82. The maximum Gasteiger partial charge on any atom is 0.251 e. The highest BCUT2D eigenvalue weighted by Crippen LogP contribution is 2.33. The van der Waals surface area contributed by atoms with Crippen LogP contribution in [0.2, 0.25) is 5.02 Å². The van der Waals surface area contributed by atoms with Gasteiger partial charge in [0.05, 0.1) is 7.11 Å². The summed E-state index contributed by atoms with van der Waals surface area (Å²) >= 11 is 5.89. The van der Waals surface area contributed by atoms with E-state index in [1.165, 1.54) is 0 Å². The van der Waals surface area contributed by atoms with Crippen molar-refractivity contribution in [2.24, 2.45) is 11.7 Å².